The summed E-state index contributed by atoms with van der Waals surface area (Å²) in [6.07, 6.45) is -1.66. The van der Waals surface area contributed by atoms with Gasteiger partial charge in [-0.1, -0.05) is 33.2 Å². The normalized spacial score (nSPS) is 32.7. The fraction of sp³-hybridized carbons (Fsp3) is 0.286. The maximum atomic E-state index is 13.3. The quantitative estimate of drug-likeness (QED) is 0.376. The number of anilines is 1. The van der Waals surface area contributed by atoms with Gasteiger partial charge in [-0.2, -0.15) is 0 Å². The molecule has 2 bridgehead atoms. The first-order valence-electron chi connectivity index (χ1n) is 9.73. The molecule has 0 aliphatic carbocycles. The van der Waals surface area contributed by atoms with Crippen molar-refractivity contribution in [2.75, 3.05) is 4.90 Å². The van der Waals surface area contributed by atoms with Crippen LogP contribution in [0, 0.1) is 27.9 Å². The number of nitrogens with zero attached hydrogens (tertiary/aromatic N) is 3. The fourth-order valence-corrected chi connectivity index (χ4v) is 5.48. The number of fused-ring (bicyclic) bond motifs is 8. The zero-order valence-electron chi connectivity index (χ0n) is 15.8. The van der Waals surface area contributed by atoms with Gasteiger partial charge >= 0.3 is 0 Å². The lowest BCUT2D eigenvalue weighted by Gasteiger charge is -2.26. The first kappa shape index (κ1) is 18.6. The molecule has 4 aliphatic rings. The van der Waals surface area contributed by atoms with Crippen LogP contribution in [0.15, 0.2) is 58.2 Å². The summed E-state index contributed by atoms with van der Waals surface area (Å²) in [4.78, 5) is 44.0. The molecule has 2 amide bonds. The van der Waals surface area contributed by atoms with Crippen LogP contribution in [0.1, 0.15) is 5.56 Å². The van der Waals surface area contributed by atoms with Crippen LogP contribution in [0.3, 0.4) is 0 Å². The number of hydrogen-bond donors (Lipinski definition) is 0. The van der Waals surface area contributed by atoms with Crippen LogP contribution < -0.4 is 4.90 Å². The number of nitro benzene ring substituents is 1. The highest BCUT2D eigenvalue weighted by atomic mass is 79.9. The van der Waals surface area contributed by atoms with E-state index >= 15 is 0 Å². The third-order valence-electron chi connectivity index (χ3n) is 6.48. The van der Waals surface area contributed by atoms with E-state index in [4.69, 9.17) is 9.57 Å². The Hall–Kier alpha value is -3.11. The van der Waals surface area contributed by atoms with E-state index in [2.05, 4.69) is 21.1 Å². The monoisotopic (exact) mass is 483 g/mol. The Morgan fingerprint density at radius 2 is 1.68 bits per heavy atom. The number of imide groups is 1. The summed E-state index contributed by atoms with van der Waals surface area (Å²) in [6, 6.07) is 13.1. The summed E-state index contributed by atoms with van der Waals surface area (Å²) >= 11 is 3.36. The molecule has 0 radical (unpaired) electrons. The van der Waals surface area contributed by atoms with Gasteiger partial charge in [-0.3, -0.25) is 19.7 Å². The molecule has 6 rings (SSSR count). The van der Waals surface area contributed by atoms with Crippen molar-refractivity contribution >= 4 is 44.8 Å². The van der Waals surface area contributed by atoms with Gasteiger partial charge in [0, 0.05) is 22.2 Å². The van der Waals surface area contributed by atoms with Gasteiger partial charge in [-0.15, -0.1) is 0 Å². The maximum absolute atomic E-state index is 13.3. The third kappa shape index (κ3) is 2.48. The molecule has 31 heavy (non-hydrogen) atoms. The summed E-state index contributed by atoms with van der Waals surface area (Å²) in [5, 5.41) is 15.3. The largest absolute Gasteiger partial charge is 0.389 e. The highest BCUT2D eigenvalue weighted by molar-refractivity contribution is 9.10. The fourth-order valence-electron chi connectivity index (χ4n) is 5.22. The van der Waals surface area contributed by atoms with Crippen molar-refractivity contribution in [3.63, 3.8) is 0 Å². The van der Waals surface area contributed by atoms with Crippen molar-refractivity contribution in [1.82, 2.24) is 0 Å². The van der Waals surface area contributed by atoms with Crippen LogP contribution in [0.5, 0.6) is 0 Å². The number of carbonyl (C=O) groups excluding carboxylic acids is 2. The molecule has 9 nitrogen and oxygen atoms in total. The summed E-state index contributed by atoms with van der Waals surface area (Å²) in [5.41, 5.74) is 1.53. The number of hydrogen-bond acceptors (Lipinski definition) is 7. The highest BCUT2D eigenvalue weighted by Gasteiger charge is 2.72. The average molecular weight is 484 g/mol. The minimum Gasteiger partial charge on any atom is -0.389 e. The second kappa shape index (κ2) is 6.44. The van der Waals surface area contributed by atoms with Crippen molar-refractivity contribution in [1.29, 1.82) is 0 Å². The Labute approximate surface area is 183 Å². The van der Waals surface area contributed by atoms with Crippen LogP contribution in [0.25, 0.3) is 0 Å². The Kier molecular flexibility index (Phi) is 3.87. The van der Waals surface area contributed by atoms with Crippen molar-refractivity contribution in [3.05, 3.63) is 68.7 Å². The molecule has 0 unspecified atom stereocenters. The Balaban J connectivity index is 1.34. The molecule has 0 saturated carbocycles. The van der Waals surface area contributed by atoms with E-state index in [1.54, 1.807) is 36.4 Å². The summed E-state index contributed by atoms with van der Waals surface area (Å²) in [6.45, 7) is 0. The van der Waals surface area contributed by atoms with E-state index in [0.29, 0.717) is 17.0 Å². The molecule has 0 N–H and O–H groups in total. The number of carbonyl (C=O) groups is 2. The van der Waals surface area contributed by atoms with Gasteiger partial charge in [0.2, 0.25) is 11.8 Å². The van der Waals surface area contributed by atoms with E-state index in [9.17, 15) is 19.7 Å². The molecule has 4 heterocycles. The van der Waals surface area contributed by atoms with Gasteiger partial charge in [0.05, 0.1) is 40.2 Å². The third-order valence-corrected chi connectivity index (χ3v) is 7.01. The Morgan fingerprint density at radius 1 is 0.968 bits per heavy atom. The SMILES string of the molecule is O=C1[C@@H]2[C@@H]3O[C@@H]([C@H]4C(c5cccc([N+](=O)[O-])c5)=NO[C@@H]34)[C@@H]2C(=O)N1c1ccc(Br)cc1. The molecule has 0 aromatic heterocycles. The van der Waals surface area contributed by atoms with Gasteiger partial charge in [0.1, 0.15) is 6.10 Å². The predicted molar refractivity (Wildman–Crippen MR) is 110 cm³/mol. The maximum Gasteiger partial charge on any atom is 0.270 e. The number of halogens is 1. The Bertz CT molecular complexity index is 1180. The topological polar surface area (TPSA) is 111 Å². The number of non-ortho nitro benzene ring substituents is 1. The Morgan fingerprint density at radius 3 is 2.39 bits per heavy atom. The molecular weight excluding hydrogens is 470 g/mol. The van der Waals surface area contributed by atoms with Crippen molar-refractivity contribution in [3.8, 4) is 0 Å². The summed E-state index contributed by atoms with van der Waals surface area (Å²) in [5.74, 6) is -2.21. The van der Waals surface area contributed by atoms with E-state index in [1.165, 1.54) is 17.0 Å². The second-order valence-corrected chi connectivity index (χ2v) is 8.90. The highest BCUT2D eigenvalue weighted by Crippen LogP contribution is 2.55. The zero-order valence-corrected chi connectivity index (χ0v) is 17.3. The smallest absolute Gasteiger partial charge is 0.270 e. The lowest BCUT2D eigenvalue weighted by atomic mass is 9.71. The summed E-state index contributed by atoms with van der Waals surface area (Å²) < 4.78 is 6.91. The molecule has 3 fully saturated rings. The lowest BCUT2D eigenvalue weighted by molar-refractivity contribution is -0.384. The molecular formula is C21H14BrN3O6. The van der Waals surface area contributed by atoms with E-state index in [1.807, 2.05) is 0 Å². The standard InChI is InChI=1S/C21H14BrN3O6/c22-10-4-6-11(7-5-10)24-20(26)13-14(21(24)27)18-19-15(17(13)30-18)16(23-31-19)9-2-1-3-12(8-9)25(28)29/h1-8,13-15,17-19H/t13-,14+,15-,17-,18+,19-/m1/s1. The number of oxime groups is 1. The first-order valence-corrected chi connectivity index (χ1v) is 10.5. The van der Waals surface area contributed by atoms with E-state index < -0.39 is 35.1 Å². The second-order valence-electron chi connectivity index (χ2n) is 7.98. The summed E-state index contributed by atoms with van der Waals surface area (Å²) in [7, 11) is 0. The van der Waals surface area contributed by atoms with Gasteiger partial charge < -0.3 is 9.57 Å². The van der Waals surface area contributed by atoms with Gasteiger partial charge in [0.15, 0.2) is 6.10 Å². The lowest BCUT2D eigenvalue weighted by Crippen LogP contribution is -2.45. The van der Waals surface area contributed by atoms with Crippen LogP contribution in [0.4, 0.5) is 11.4 Å². The zero-order chi connectivity index (χ0) is 21.4. The number of rotatable bonds is 3. The number of nitro groups is 1. The van der Waals surface area contributed by atoms with Gasteiger partial charge in [0.25, 0.3) is 5.69 Å². The molecule has 4 aliphatic heterocycles. The minimum atomic E-state index is -0.631. The predicted octanol–water partition coefficient (Wildman–Crippen LogP) is 2.66. The number of benzene rings is 2. The number of ether oxygens (including phenoxy) is 1. The molecule has 2 aromatic carbocycles. The molecule has 6 atom stereocenters. The van der Waals surface area contributed by atoms with Gasteiger partial charge in [-0.25, -0.2) is 4.90 Å². The van der Waals surface area contributed by atoms with E-state index in [-0.39, 0.29) is 23.4 Å². The molecule has 0 spiro atoms. The molecule has 156 valence electrons. The molecule has 2 aromatic rings. The number of amides is 2. The molecule has 3 saturated heterocycles. The average Bonchev–Trinajstić information content (AvgIpc) is 3.49. The van der Waals surface area contributed by atoms with Crippen LogP contribution in [-0.4, -0.2) is 40.8 Å². The van der Waals surface area contributed by atoms with Crippen molar-refractivity contribution < 1.29 is 24.1 Å². The van der Waals surface area contributed by atoms with E-state index in [0.717, 1.165) is 4.47 Å². The van der Waals surface area contributed by atoms with Crippen molar-refractivity contribution in [2.24, 2.45) is 22.9 Å². The van der Waals surface area contributed by atoms with Crippen molar-refractivity contribution in [2.45, 2.75) is 18.3 Å². The minimum absolute atomic E-state index is 0.0564. The molecule has 10 heteroatoms. The van der Waals surface area contributed by atoms with Gasteiger partial charge in [-0.05, 0) is 24.3 Å². The first-order chi connectivity index (χ1) is 15.0. The van der Waals surface area contributed by atoms with Crippen LogP contribution in [-0.2, 0) is 19.2 Å². The van der Waals surface area contributed by atoms with Crippen LogP contribution in [0.2, 0.25) is 0 Å². The van der Waals surface area contributed by atoms with Crippen LogP contribution >= 0.6 is 15.9 Å².